The number of rotatable bonds is 7. The minimum Gasteiger partial charge on any atom is -0.507 e. The first kappa shape index (κ1) is 56.5. The number of anilines is 1. The van der Waals surface area contributed by atoms with Gasteiger partial charge in [0, 0.05) is 119 Å². The number of esters is 1. The van der Waals surface area contributed by atoms with E-state index >= 15 is 4.79 Å². The Bertz CT molecular complexity index is 3040. The van der Waals surface area contributed by atoms with Crippen LogP contribution in [-0.2, 0) is 41.4 Å². The first-order chi connectivity index (χ1) is 37.0. The highest BCUT2D eigenvalue weighted by atomic mass is 16.7. The number of methoxy groups -OCH3 is 1. The lowest BCUT2D eigenvalue weighted by atomic mass is 9.78. The molecule has 5 N–H and O–H groups in total. The number of aromatic hydroxyl groups is 2. The number of piperidine rings is 1. The van der Waals surface area contributed by atoms with Crippen molar-refractivity contribution in [3.05, 3.63) is 93.4 Å². The van der Waals surface area contributed by atoms with Crippen LogP contribution in [0.15, 0.2) is 70.4 Å². The van der Waals surface area contributed by atoms with Crippen LogP contribution in [0, 0.1) is 36.5 Å². The maximum Gasteiger partial charge on any atom is 0.315 e. The zero-order valence-corrected chi connectivity index (χ0v) is 46.7. The molecule has 1 aliphatic carbocycles. The summed E-state index contributed by atoms with van der Waals surface area (Å²) in [5, 5.41) is 51.2. The number of hydrogen-bond acceptors (Lipinski definition) is 16. The lowest BCUT2D eigenvalue weighted by molar-refractivity contribution is -0.165. The predicted molar refractivity (Wildman–Crippen MR) is 292 cm³/mol. The van der Waals surface area contributed by atoms with Crippen LogP contribution in [0.3, 0.4) is 0 Å². The number of nitrogens with one attached hydrogen (secondary N) is 1. The Labute approximate surface area is 456 Å². The number of nitrogens with zero attached hydrogens (tertiary/aromatic N) is 5. The second kappa shape index (κ2) is 22.5. The lowest BCUT2D eigenvalue weighted by Crippen LogP contribution is -2.52. The van der Waals surface area contributed by atoms with Crippen LogP contribution in [0.25, 0.3) is 10.8 Å². The molecule has 2 amide bonds. The molecule has 0 saturated carbocycles. The molecule has 18 heteroatoms. The number of aliphatic hydroxyl groups excluding tert-OH is 2. The molecule has 420 valence electrons. The highest BCUT2D eigenvalue weighted by Crippen LogP contribution is 2.50. The standard InChI is InChI=1S/C60H78N6O12/c1-32(2)31-64-21-19-60(20-22-64)62-48-45-46-53(71)38(8)56-47(45)57(73)59(9,78-56)76-27-18-42(75-10)35(5)55(77-44(68)30-43(67)66-25-23-65(24-26-66)41-28-39-16-11-12-17-40(39)29-41)37(7)52(70)36(6)51(69)33(3)14-13-15-34(4)58(74)61-50(54(46)72)49(48)63-60/h11-18,27,32-33,35-37,41-42,51-52,55,69-72H,19-26,28-31H2,1-10H3,(H,61,74)/b14-13+,27-18+,34-15-/t33-,35+,36+,37+,42-,51-,52+,55+,59-/m0/s1. The van der Waals surface area contributed by atoms with Gasteiger partial charge in [-0.2, -0.15) is 0 Å². The number of amides is 2. The summed E-state index contributed by atoms with van der Waals surface area (Å²) in [5.74, 6) is -7.68. The van der Waals surface area contributed by atoms with Crippen molar-refractivity contribution in [1.82, 2.24) is 14.7 Å². The lowest BCUT2D eigenvalue weighted by Gasteiger charge is -2.39. The van der Waals surface area contributed by atoms with Crippen LogP contribution >= 0.6 is 0 Å². The SMILES string of the molecule is CO[C@H]1/C=C/O[C@@]2(C)Oc3c(C)c(O)c4c(O)c(c5c(c4c3C2=O)=NC2(CCN(CC(C)C)CC2)N=5)NC(=O)/C(C)=C\C=C\[C@H](C)[C@H](O)[C@@H](C)[C@@H](O)[C@@H](C)[C@H](OC(=O)CC(=O)N2CCN(C3Cc4ccccc4C3)CC2)[C@@H]1C. The number of aliphatic hydroxyl groups is 2. The zero-order valence-electron chi connectivity index (χ0n) is 46.7. The maximum atomic E-state index is 15.0. The molecule has 5 bridgehead atoms. The monoisotopic (exact) mass is 1070 g/mol. The van der Waals surface area contributed by atoms with Gasteiger partial charge in [-0.1, -0.05) is 84.0 Å². The summed E-state index contributed by atoms with van der Waals surface area (Å²) in [4.78, 5) is 73.7. The molecule has 6 aliphatic heterocycles. The smallest absolute Gasteiger partial charge is 0.315 e. The molecule has 2 fully saturated rings. The van der Waals surface area contributed by atoms with Crippen molar-refractivity contribution in [2.75, 3.05) is 58.2 Å². The molecule has 18 nitrogen and oxygen atoms in total. The van der Waals surface area contributed by atoms with Gasteiger partial charge in [-0.05, 0) is 49.8 Å². The number of allylic oxidation sites excluding steroid dienone is 2. The largest absolute Gasteiger partial charge is 0.507 e. The van der Waals surface area contributed by atoms with E-state index in [1.807, 2.05) is 0 Å². The van der Waals surface area contributed by atoms with Crippen LogP contribution < -0.4 is 20.8 Å². The van der Waals surface area contributed by atoms with E-state index in [0.717, 1.165) is 19.4 Å². The number of benzene rings is 3. The maximum absolute atomic E-state index is 15.0. The van der Waals surface area contributed by atoms with E-state index in [1.54, 1.807) is 64.7 Å². The van der Waals surface area contributed by atoms with Gasteiger partial charge in [0.1, 0.15) is 35.1 Å². The second-order valence-corrected chi connectivity index (χ2v) is 23.3. The molecule has 3 aromatic carbocycles. The van der Waals surface area contributed by atoms with Crippen molar-refractivity contribution < 1.29 is 58.6 Å². The number of ether oxygens (including phenoxy) is 4. The summed E-state index contributed by atoms with van der Waals surface area (Å²) in [6.07, 6.45) is 5.84. The number of fused-ring (bicyclic) bond motifs is 14. The molecular weight excluding hydrogens is 997 g/mol. The Hall–Kier alpha value is -6.18. The summed E-state index contributed by atoms with van der Waals surface area (Å²) in [6.45, 7) is 20.4. The van der Waals surface area contributed by atoms with E-state index in [4.69, 9.17) is 28.9 Å². The minimum atomic E-state index is -2.02. The first-order valence-electron chi connectivity index (χ1n) is 27.7. The Morgan fingerprint density at radius 2 is 1.51 bits per heavy atom. The number of likely N-dealkylation sites (tertiary alicyclic amines) is 1. The van der Waals surface area contributed by atoms with Crippen LogP contribution in [0.4, 0.5) is 5.69 Å². The molecule has 9 atom stereocenters. The van der Waals surface area contributed by atoms with E-state index in [2.05, 4.69) is 53.2 Å². The molecule has 2 saturated heterocycles. The quantitative estimate of drug-likeness (QED) is 0.113. The van der Waals surface area contributed by atoms with E-state index < -0.39 is 95.1 Å². The van der Waals surface area contributed by atoms with Crippen LogP contribution in [0.2, 0.25) is 0 Å². The van der Waals surface area contributed by atoms with Gasteiger partial charge >= 0.3 is 11.8 Å². The van der Waals surface area contributed by atoms with Crippen LogP contribution in [0.5, 0.6) is 17.2 Å². The van der Waals surface area contributed by atoms with E-state index in [9.17, 15) is 34.8 Å². The highest BCUT2D eigenvalue weighted by Gasteiger charge is 2.50. The number of carbonyl (C=O) groups is 4. The van der Waals surface area contributed by atoms with Crippen LogP contribution in [-0.4, -0.2) is 154 Å². The summed E-state index contributed by atoms with van der Waals surface area (Å²) in [5.41, 5.74) is 2.03. The molecule has 10 rings (SSSR count). The van der Waals surface area contributed by atoms with Gasteiger partial charge in [0.05, 0.1) is 40.9 Å². The molecule has 0 aromatic heterocycles. The molecular formula is C60H78N6O12. The van der Waals surface area contributed by atoms with Gasteiger partial charge in [-0.3, -0.25) is 34.1 Å². The number of phenols is 2. The fourth-order valence-corrected chi connectivity index (χ4v) is 12.6. The van der Waals surface area contributed by atoms with Crippen LogP contribution in [0.1, 0.15) is 102 Å². The Balaban J connectivity index is 1.03. The van der Waals surface area contributed by atoms with Gasteiger partial charge in [0.25, 0.3) is 11.7 Å². The number of Topliss-reactive ketones (excluding diaryl/α,β-unsaturated/α-hetero) is 1. The number of phenolic OH excluding ortho intramolecular Hbond substituents is 2. The molecule has 3 aromatic rings. The van der Waals surface area contributed by atoms with Gasteiger partial charge in [-0.15, -0.1) is 0 Å². The minimum absolute atomic E-state index is 0.0117. The number of piperazine rings is 1. The first-order valence-corrected chi connectivity index (χ1v) is 27.7. The average Bonchev–Trinajstić information content (AvgIpc) is 4.13. The van der Waals surface area contributed by atoms with Crippen molar-refractivity contribution in [3.8, 4) is 17.2 Å². The summed E-state index contributed by atoms with van der Waals surface area (Å²) >= 11 is 0. The second-order valence-electron chi connectivity index (χ2n) is 23.3. The predicted octanol–water partition coefficient (Wildman–Crippen LogP) is 5.43. The van der Waals surface area contributed by atoms with Crippen molar-refractivity contribution >= 4 is 40.0 Å². The molecule has 0 unspecified atom stereocenters. The Morgan fingerprint density at radius 1 is 0.859 bits per heavy atom. The zero-order chi connectivity index (χ0) is 56.1. The molecule has 0 radical (unpaired) electrons. The summed E-state index contributed by atoms with van der Waals surface area (Å²) in [7, 11) is 1.45. The third-order valence-electron chi connectivity index (χ3n) is 17.4. The van der Waals surface area contributed by atoms with Gasteiger partial charge in [-0.25, -0.2) is 0 Å². The van der Waals surface area contributed by atoms with E-state index in [1.165, 1.54) is 37.5 Å². The van der Waals surface area contributed by atoms with E-state index in [0.29, 0.717) is 64.1 Å². The summed E-state index contributed by atoms with van der Waals surface area (Å²) < 4.78 is 24.8. The Morgan fingerprint density at radius 3 is 2.15 bits per heavy atom. The number of ketones is 1. The van der Waals surface area contributed by atoms with Crippen molar-refractivity contribution in [1.29, 1.82) is 0 Å². The van der Waals surface area contributed by atoms with Gasteiger partial charge in [0.15, 0.2) is 11.4 Å². The number of hydrogen-bond donors (Lipinski definition) is 5. The average molecular weight is 1080 g/mol. The van der Waals surface area contributed by atoms with Crippen molar-refractivity contribution in [2.24, 2.45) is 39.6 Å². The molecule has 6 heterocycles. The highest BCUT2D eigenvalue weighted by molar-refractivity contribution is 6.19. The summed E-state index contributed by atoms with van der Waals surface area (Å²) in [6, 6.07) is 8.84. The third kappa shape index (κ3) is 10.8. The topological polar surface area (TPSA) is 233 Å². The van der Waals surface area contributed by atoms with Crippen molar-refractivity contribution in [2.45, 2.75) is 136 Å². The Kier molecular flexibility index (Phi) is 16.3. The third-order valence-corrected chi connectivity index (χ3v) is 17.4. The fraction of sp³-hybridized carbons (Fsp3) is 0.567. The molecule has 78 heavy (non-hydrogen) atoms. The normalized spacial score (nSPS) is 30.5. The van der Waals surface area contributed by atoms with Gasteiger partial charge < -0.3 is 54.5 Å². The van der Waals surface area contributed by atoms with Crippen molar-refractivity contribution in [3.63, 3.8) is 0 Å². The van der Waals surface area contributed by atoms with Gasteiger partial charge in [0.2, 0.25) is 5.91 Å². The van der Waals surface area contributed by atoms with E-state index in [-0.39, 0.29) is 55.5 Å². The molecule has 7 aliphatic rings. The fourth-order valence-electron chi connectivity index (χ4n) is 12.6. The number of carbonyl (C=O) groups excluding carboxylic acids is 4. The molecule has 1 spiro atoms.